The van der Waals surface area contributed by atoms with Crippen molar-refractivity contribution in [3.8, 4) is 62.5 Å². The highest BCUT2D eigenvalue weighted by Crippen LogP contribution is 2.48. The van der Waals surface area contributed by atoms with Gasteiger partial charge < -0.3 is 30.7 Å². The highest BCUT2D eigenvalue weighted by atomic mass is 32.1. The Balaban J connectivity index is 0.610. The molecule has 20 nitrogen and oxygen atoms in total. The van der Waals surface area contributed by atoms with E-state index in [-0.39, 0.29) is 53.0 Å². The first-order valence-electron chi connectivity index (χ1n) is 31.7. The fraction of sp³-hybridized carbons (Fsp3) is 0.0390. The van der Waals surface area contributed by atoms with Gasteiger partial charge in [0.15, 0.2) is 23.1 Å². The van der Waals surface area contributed by atoms with E-state index in [1.807, 2.05) is 146 Å². The number of nitrogens with one attached hydrogen (secondary N) is 5. The molecule has 0 unspecified atom stereocenters. The molecule has 15 aromatic rings. The number of anilines is 6. The normalized spacial score (nSPS) is 13.2. The number of aliphatic imine (C=N–C) groups is 2. The molecule has 0 amide bonds. The summed E-state index contributed by atoms with van der Waals surface area (Å²) < 4.78 is 35.6. The second kappa shape index (κ2) is 22.9. The van der Waals surface area contributed by atoms with E-state index >= 15 is 0 Å². The van der Waals surface area contributed by atoms with Crippen LogP contribution in [0.15, 0.2) is 204 Å². The quantitative estimate of drug-likeness (QED) is 0.0562. The molecular formula is C77H44N14O6S4. The lowest BCUT2D eigenvalue weighted by molar-refractivity contribution is 0.103. The number of hydrogen-bond acceptors (Lipinski definition) is 20. The van der Waals surface area contributed by atoms with Crippen LogP contribution in [0, 0.1) is 5.41 Å². The molecule has 0 aliphatic heterocycles. The molecule has 0 bridgehead atoms. The van der Waals surface area contributed by atoms with E-state index in [2.05, 4.69) is 45.1 Å². The van der Waals surface area contributed by atoms with Gasteiger partial charge in [0.2, 0.25) is 17.9 Å². The molecule has 0 saturated heterocycles. The molecule has 4 aliphatic carbocycles. The number of nitrogens with zero attached hydrogens (tertiary/aromatic N) is 9. The fourth-order valence-electron chi connectivity index (χ4n) is 13.9. The van der Waals surface area contributed by atoms with E-state index in [0.29, 0.717) is 107 Å². The van der Waals surface area contributed by atoms with Crippen molar-refractivity contribution in [1.82, 2.24) is 32.4 Å². The average molecular weight is 1390 g/mol. The average Bonchev–Trinajstić information content (AvgIpc) is 1.71. The number of guanidine groups is 1. The molecule has 0 fully saturated rings. The molecule has 10 aromatic carbocycles. The second-order valence-corrected chi connectivity index (χ2v) is 28.0. The monoisotopic (exact) mass is 1390 g/mol. The largest absolute Gasteiger partial charge is 0.424 e. The Kier molecular flexibility index (Phi) is 13.5. The molecule has 0 radical (unpaired) electrons. The molecule has 0 spiro atoms. The Morgan fingerprint density at radius 3 is 1.21 bits per heavy atom. The molecule has 482 valence electrons. The molecule has 5 aromatic heterocycles. The van der Waals surface area contributed by atoms with Crippen LogP contribution in [0.2, 0.25) is 0 Å². The second-order valence-electron chi connectivity index (χ2n) is 24.7. The smallest absolute Gasteiger partial charge is 0.328 e. The van der Waals surface area contributed by atoms with Crippen LogP contribution < -0.4 is 30.7 Å². The van der Waals surface area contributed by atoms with Gasteiger partial charge >= 0.3 is 12.0 Å². The third kappa shape index (κ3) is 9.58. The zero-order chi connectivity index (χ0) is 67.9. The molecule has 5 N–H and O–H groups in total. The fourth-order valence-corrected chi connectivity index (χ4v) is 17.2. The van der Waals surface area contributed by atoms with Crippen molar-refractivity contribution in [2.24, 2.45) is 9.98 Å². The van der Waals surface area contributed by atoms with Crippen molar-refractivity contribution in [2.75, 3.05) is 21.3 Å². The Hall–Kier alpha value is -12.7. The minimum atomic E-state index is -0.591. The van der Waals surface area contributed by atoms with Crippen molar-refractivity contribution >= 4 is 163 Å². The van der Waals surface area contributed by atoms with Crippen molar-refractivity contribution in [3.05, 3.63) is 250 Å². The van der Waals surface area contributed by atoms with Gasteiger partial charge in [-0.15, -0.1) is 0 Å². The Labute approximate surface area is 588 Å². The van der Waals surface area contributed by atoms with Crippen LogP contribution >= 0.6 is 46.1 Å². The SMILES string of the molecule is CC(C)(c1ccc(OC(N=CNc2cccc3c2C(=O)c2cccc4snc-3c24)=NC(=N)Nc2cccc3c2C(=O)c2cccc4snc-3c24)cc1)c1ccc(Oc2nc(Nc3cccc4c3C(=O)c3cccc5snc-4c35)nc(Nc3cccc4c3C(=O)c3cccc5snc-4c35)n2)cc1. The van der Waals surface area contributed by atoms with Crippen molar-refractivity contribution in [1.29, 1.82) is 5.41 Å². The zero-order valence-corrected chi connectivity index (χ0v) is 55.9. The third-order valence-corrected chi connectivity index (χ3v) is 21.9. The van der Waals surface area contributed by atoms with Crippen LogP contribution in [0.3, 0.4) is 0 Å². The number of amidine groups is 1. The van der Waals surface area contributed by atoms with Crippen molar-refractivity contribution in [2.45, 2.75) is 19.3 Å². The Bertz CT molecular complexity index is 6110. The standard InChI is InChI=1S/C77H44N14O6S4/c1-77(2,36-27-31-38(32-28-36)96-75(80-35-79-48-19-3-11-40-56(48)68(92)44-15-7-23-52-60(44)64(40)88-98-52)84-72(78)81-49-20-4-12-41-57(49)69(93)45-16-8-24-53-61(45)65(41)89-99-53)37-29-33-39(34-30-37)97-76-86-73(82-50-21-5-13-42-58(50)70(94)46-17-9-25-54-62(46)66(42)90-100-54)85-74(87-76)83-51-22-6-14-43-59(51)71(95)47-18-10-26-55-63(47)67(43)91-101-55/h3-35H,1-2H3,(H3,78,79,80,81,84)(H2,82,83,85,86,87). The molecule has 0 saturated carbocycles. The van der Waals surface area contributed by atoms with Gasteiger partial charge in [-0.2, -0.15) is 42.4 Å². The van der Waals surface area contributed by atoms with Crippen molar-refractivity contribution in [3.63, 3.8) is 0 Å². The number of aromatic nitrogens is 7. The molecule has 5 heterocycles. The summed E-state index contributed by atoms with van der Waals surface area (Å²) in [7, 11) is 0. The lowest BCUT2D eigenvalue weighted by Crippen LogP contribution is -2.19. The number of carbonyl (C=O) groups is 4. The van der Waals surface area contributed by atoms with Gasteiger partial charge in [0, 0.05) is 71.5 Å². The molecule has 4 aliphatic rings. The highest BCUT2D eigenvalue weighted by molar-refractivity contribution is 7.15. The maximum atomic E-state index is 14.4. The highest BCUT2D eigenvalue weighted by Gasteiger charge is 2.35. The molecule has 19 rings (SSSR count). The number of fused-ring (bicyclic) bond motifs is 8. The lowest BCUT2D eigenvalue weighted by atomic mass is 9.78. The number of ketones is 4. The Morgan fingerprint density at radius 1 is 0.426 bits per heavy atom. The molecule has 0 atom stereocenters. The Morgan fingerprint density at radius 2 is 0.782 bits per heavy atom. The summed E-state index contributed by atoms with van der Waals surface area (Å²) in [4.78, 5) is 80.7. The minimum absolute atomic E-state index is 0.0554. The number of hydrogen-bond donors (Lipinski definition) is 5. The third-order valence-electron chi connectivity index (χ3n) is 18.7. The first-order valence-corrected chi connectivity index (χ1v) is 34.8. The van der Waals surface area contributed by atoms with Gasteiger partial charge in [-0.1, -0.05) is 135 Å². The molecular weight excluding hydrogens is 1350 g/mol. The van der Waals surface area contributed by atoms with Gasteiger partial charge in [-0.3, -0.25) is 24.6 Å². The maximum Gasteiger partial charge on any atom is 0.328 e. The first-order chi connectivity index (χ1) is 49.4. The number of rotatable bonds is 12. The molecule has 24 heteroatoms. The number of benzene rings is 10. The van der Waals surface area contributed by atoms with E-state index < -0.39 is 5.41 Å². The summed E-state index contributed by atoms with van der Waals surface area (Å²) in [6.07, 6.45) is 1.36. The van der Waals surface area contributed by atoms with Crippen LogP contribution in [0.5, 0.6) is 17.5 Å². The van der Waals surface area contributed by atoms with Gasteiger partial charge in [0.25, 0.3) is 0 Å². The summed E-state index contributed by atoms with van der Waals surface area (Å²) in [6, 6.07) is 59.1. The van der Waals surface area contributed by atoms with Gasteiger partial charge in [0.05, 0.1) is 92.9 Å². The summed E-state index contributed by atoms with van der Waals surface area (Å²) in [5.41, 5.74) is 12.4. The van der Waals surface area contributed by atoms with E-state index in [1.54, 1.807) is 48.5 Å². The number of ether oxygens (including phenoxy) is 2. The summed E-state index contributed by atoms with van der Waals surface area (Å²) in [5.74, 6) is -0.206. The maximum absolute atomic E-state index is 14.4. The molecule has 101 heavy (non-hydrogen) atoms. The predicted molar refractivity (Wildman–Crippen MR) is 397 cm³/mol. The van der Waals surface area contributed by atoms with Crippen LogP contribution in [0.25, 0.3) is 85.4 Å². The summed E-state index contributed by atoms with van der Waals surface area (Å²) in [6.45, 7) is 4.18. The van der Waals surface area contributed by atoms with Gasteiger partial charge in [-0.25, -0.2) is 0 Å². The van der Waals surface area contributed by atoms with Crippen LogP contribution in [-0.4, -0.2) is 73.9 Å². The summed E-state index contributed by atoms with van der Waals surface area (Å²) in [5, 5.41) is 25.4. The topological polar surface area (TPSA) is 274 Å². The van der Waals surface area contributed by atoms with Crippen LogP contribution in [-0.2, 0) is 5.41 Å². The number of carbonyl (C=O) groups excluding carboxylic acids is 4. The zero-order valence-electron chi connectivity index (χ0n) is 52.7. The van der Waals surface area contributed by atoms with Crippen molar-refractivity contribution < 1.29 is 28.7 Å². The van der Waals surface area contributed by atoms with Crippen LogP contribution in [0.4, 0.5) is 34.6 Å². The van der Waals surface area contributed by atoms with E-state index in [4.69, 9.17) is 41.9 Å². The predicted octanol–water partition coefficient (Wildman–Crippen LogP) is 17.7. The minimum Gasteiger partial charge on any atom is -0.424 e. The lowest BCUT2D eigenvalue weighted by Gasteiger charge is -2.26. The van der Waals surface area contributed by atoms with Gasteiger partial charge in [-0.05, 0) is 130 Å². The van der Waals surface area contributed by atoms with Crippen LogP contribution in [0.1, 0.15) is 88.7 Å². The first kappa shape index (κ1) is 59.5. The van der Waals surface area contributed by atoms with E-state index in [9.17, 15) is 24.6 Å². The summed E-state index contributed by atoms with van der Waals surface area (Å²) >= 11 is 5.36. The van der Waals surface area contributed by atoms with E-state index in [1.165, 1.54) is 52.5 Å². The van der Waals surface area contributed by atoms with Gasteiger partial charge in [0.1, 0.15) is 11.5 Å². The van der Waals surface area contributed by atoms with E-state index in [0.717, 1.165) is 68.6 Å².